The smallest absolute Gasteiger partial charge is 0.00390 e. The maximum Gasteiger partial charge on any atom is 0.00390 e. The highest BCUT2D eigenvalue weighted by molar-refractivity contribution is 4.98. The van der Waals surface area contributed by atoms with Gasteiger partial charge in [-0.2, -0.15) is 0 Å². The molecule has 0 amide bonds. The Morgan fingerprint density at radius 2 is 1.60 bits per heavy atom. The van der Waals surface area contributed by atoms with Crippen molar-refractivity contribution in [3.63, 3.8) is 0 Å². The molecule has 1 aliphatic carbocycles. The normalized spacial score (nSPS) is 25.0. The predicted octanol–water partition coefficient (Wildman–Crippen LogP) is 4.26. The maximum atomic E-state index is 5.70. The summed E-state index contributed by atoms with van der Waals surface area (Å²) in [6, 6.07) is 0. The van der Waals surface area contributed by atoms with Crippen molar-refractivity contribution in [2.75, 3.05) is 0 Å². The lowest BCUT2D eigenvalue weighted by molar-refractivity contribution is 0.299. The number of allylic oxidation sites excluding steroid dienone is 2. The summed E-state index contributed by atoms with van der Waals surface area (Å²) in [5.41, 5.74) is 7.90. The lowest BCUT2D eigenvalue weighted by atomic mass is 9.78. The molecule has 0 aromatic carbocycles. The van der Waals surface area contributed by atoms with Crippen LogP contribution in [0.4, 0.5) is 0 Å². The monoisotopic (exact) mass is 209 g/mol. The molecule has 0 aliphatic heterocycles. The Morgan fingerprint density at radius 1 is 1.13 bits per heavy atom. The van der Waals surface area contributed by atoms with Crippen LogP contribution in [0.3, 0.4) is 0 Å². The van der Waals surface area contributed by atoms with E-state index in [0.717, 1.165) is 11.6 Å². The molecule has 88 valence electrons. The zero-order chi connectivity index (χ0) is 11.8. The Balaban J connectivity index is 0.000000921. The van der Waals surface area contributed by atoms with Gasteiger partial charge in [-0.3, -0.25) is 0 Å². The molecule has 2 N–H and O–H groups in total. The molecule has 0 bridgehead atoms. The van der Waals surface area contributed by atoms with E-state index in [9.17, 15) is 0 Å². The van der Waals surface area contributed by atoms with Crippen molar-refractivity contribution in [1.82, 2.24) is 0 Å². The molecule has 1 heteroatoms. The van der Waals surface area contributed by atoms with Gasteiger partial charge in [0.1, 0.15) is 0 Å². The standard InChI is InChI=1S/C12H21N.C2H6/c1-9(2)8-11-4-6-12(7-5-11)10(3)13;1-2/h11-12H,1,3-8,13H2,2H3;1-2H3. The van der Waals surface area contributed by atoms with Gasteiger partial charge in [0.25, 0.3) is 0 Å². The van der Waals surface area contributed by atoms with Gasteiger partial charge in [0.15, 0.2) is 0 Å². The van der Waals surface area contributed by atoms with Crippen molar-refractivity contribution < 1.29 is 0 Å². The Morgan fingerprint density at radius 3 is 1.93 bits per heavy atom. The third kappa shape index (κ3) is 5.66. The molecular formula is C14H27N. The largest absolute Gasteiger partial charge is 0.402 e. The highest BCUT2D eigenvalue weighted by Gasteiger charge is 2.21. The predicted molar refractivity (Wildman–Crippen MR) is 69.6 cm³/mol. The van der Waals surface area contributed by atoms with Crippen LogP contribution in [-0.4, -0.2) is 0 Å². The Bertz CT molecular complexity index is 197. The van der Waals surface area contributed by atoms with Crippen LogP contribution in [0.1, 0.15) is 52.9 Å². The van der Waals surface area contributed by atoms with Crippen molar-refractivity contribution in [2.45, 2.75) is 52.9 Å². The number of hydrogen-bond donors (Lipinski definition) is 1. The van der Waals surface area contributed by atoms with Gasteiger partial charge in [-0.25, -0.2) is 0 Å². The average molecular weight is 209 g/mol. The van der Waals surface area contributed by atoms with E-state index in [-0.39, 0.29) is 0 Å². The minimum atomic E-state index is 0.585. The van der Waals surface area contributed by atoms with Gasteiger partial charge in [0, 0.05) is 5.70 Å². The summed E-state index contributed by atoms with van der Waals surface area (Å²) in [5.74, 6) is 1.44. The van der Waals surface area contributed by atoms with Gasteiger partial charge >= 0.3 is 0 Å². The zero-order valence-corrected chi connectivity index (χ0v) is 10.7. The first kappa shape index (κ1) is 14.3. The van der Waals surface area contributed by atoms with Gasteiger partial charge in [-0.1, -0.05) is 26.0 Å². The van der Waals surface area contributed by atoms with E-state index in [1.807, 2.05) is 13.8 Å². The van der Waals surface area contributed by atoms with Crippen LogP contribution in [0.15, 0.2) is 24.4 Å². The fourth-order valence-corrected chi connectivity index (χ4v) is 2.23. The van der Waals surface area contributed by atoms with Gasteiger partial charge in [-0.05, 0) is 50.9 Å². The van der Waals surface area contributed by atoms with Gasteiger partial charge < -0.3 is 5.73 Å². The highest BCUT2D eigenvalue weighted by Crippen LogP contribution is 2.33. The van der Waals surface area contributed by atoms with Gasteiger partial charge in [0.05, 0.1) is 0 Å². The maximum absolute atomic E-state index is 5.70. The van der Waals surface area contributed by atoms with E-state index in [1.165, 1.54) is 37.7 Å². The second-order valence-corrected chi connectivity index (χ2v) is 4.45. The molecule has 0 aromatic heterocycles. The van der Waals surface area contributed by atoms with E-state index in [2.05, 4.69) is 20.1 Å². The van der Waals surface area contributed by atoms with E-state index in [1.54, 1.807) is 0 Å². The summed E-state index contributed by atoms with van der Waals surface area (Å²) in [7, 11) is 0. The number of hydrogen-bond acceptors (Lipinski definition) is 1. The summed E-state index contributed by atoms with van der Waals surface area (Å²) in [6.07, 6.45) is 6.26. The van der Waals surface area contributed by atoms with Crippen LogP contribution < -0.4 is 5.73 Å². The Hall–Kier alpha value is -0.720. The lowest BCUT2D eigenvalue weighted by Gasteiger charge is -2.28. The number of nitrogens with two attached hydrogens (primary N) is 1. The molecular weight excluding hydrogens is 182 g/mol. The SMILES string of the molecule is C=C(C)CC1CCC(C(=C)N)CC1.CC. The first-order chi connectivity index (χ1) is 7.09. The minimum Gasteiger partial charge on any atom is -0.402 e. The molecule has 0 heterocycles. The molecule has 0 aromatic rings. The van der Waals surface area contributed by atoms with Crippen LogP contribution >= 0.6 is 0 Å². The summed E-state index contributed by atoms with van der Waals surface area (Å²) in [4.78, 5) is 0. The first-order valence-corrected chi connectivity index (χ1v) is 6.18. The van der Waals surface area contributed by atoms with Crippen molar-refractivity contribution in [3.05, 3.63) is 24.4 Å². The molecule has 0 radical (unpaired) electrons. The molecule has 1 fully saturated rings. The molecule has 0 spiro atoms. The van der Waals surface area contributed by atoms with Crippen LogP contribution in [-0.2, 0) is 0 Å². The van der Waals surface area contributed by atoms with Crippen molar-refractivity contribution in [2.24, 2.45) is 17.6 Å². The Labute approximate surface area is 95.4 Å². The summed E-state index contributed by atoms with van der Waals surface area (Å²) < 4.78 is 0. The highest BCUT2D eigenvalue weighted by atomic mass is 14.6. The molecule has 1 aliphatic rings. The van der Waals surface area contributed by atoms with Gasteiger partial charge in [0.2, 0.25) is 0 Å². The average Bonchev–Trinajstić information content (AvgIpc) is 2.20. The van der Waals surface area contributed by atoms with E-state index in [0.29, 0.717) is 5.92 Å². The van der Waals surface area contributed by atoms with Crippen molar-refractivity contribution in [1.29, 1.82) is 0 Å². The molecule has 15 heavy (non-hydrogen) atoms. The van der Waals surface area contributed by atoms with Crippen molar-refractivity contribution in [3.8, 4) is 0 Å². The summed E-state index contributed by atoms with van der Waals surface area (Å²) in [5, 5.41) is 0. The van der Waals surface area contributed by atoms with Crippen molar-refractivity contribution >= 4 is 0 Å². The van der Waals surface area contributed by atoms with Crippen LogP contribution in [0.25, 0.3) is 0 Å². The summed E-state index contributed by atoms with van der Waals surface area (Å²) in [6.45, 7) is 13.9. The van der Waals surface area contributed by atoms with Crippen LogP contribution in [0.2, 0.25) is 0 Å². The van der Waals surface area contributed by atoms with E-state index in [4.69, 9.17) is 5.73 Å². The van der Waals surface area contributed by atoms with Crippen LogP contribution in [0, 0.1) is 11.8 Å². The molecule has 1 saturated carbocycles. The molecule has 1 rings (SSSR count). The molecule has 1 nitrogen and oxygen atoms in total. The molecule has 0 atom stereocenters. The molecule has 0 saturated heterocycles. The quantitative estimate of drug-likeness (QED) is 0.691. The van der Waals surface area contributed by atoms with Crippen LogP contribution in [0.5, 0.6) is 0 Å². The second-order valence-electron chi connectivity index (χ2n) is 4.45. The first-order valence-electron chi connectivity index (χ1n) is 6.18. The third-order valence-corrected chi connectivity index (χ3v) is 3.01. The van der Waals surface area contributed by atoms with E-state index >= 15 is 0 Å². The summed E-state index contributed by atoms with van der Waals surface area (Å²) >= 11 is 0. The fraction of sp³-hybridized carbons (Fsp3) is 0.714. The lowest BCUT2D eigenvalue weighted by Crippen LogP contribution is -2.19. The Kier molecular flexibility index (Phi) is 7.19. The second kappa shape index (κ2) is 7.56. The topological polar surface area (TPSA) is 26.0 Å². The minimum absolute atomic E-state index is 0.585. The molecule has 0 unspecified atom stereocenters. The zero-order valence-electron chi connectivity index (χ0n) is 10.7. The fourth-order valence-electron chi connectivity index (χ4n) is 2.23. The van der Waals surface area contributed by atoms with Gasteiger partial charge in [-0.15, -0.1) is 6.58 Å². The van der Waals surface area contributed by atoms with E-state index < -0.39 is 0 Å². The third-order valence-electron chi connectivity index (χ3n) is 3.01. The number of rotatable bonds is 3.